The maximum atomic E-state index is 11.1. The third-order valence-electron chi connectivity index (χ3n) is 6.78. The van der Waals surface area contributed by atoms with Crippen LogP contribution in [0.1, 0.15) is 42.5 Å². The molecule has 0 bridgehead atoms. The van der Waals surface area contributed by atoms with Gasteiger partial charge in [0.1, 0.15) is 0 Å². The molecular weight excluding hydrogens is 372 g/mol. The van der Waals surface area contributed by atoms with Gasteiger partial charge in [-0.15, -0.1) is 0 Å². The minimum Gasteiger partial charge on any atom is -0.391 e. The van der Waals surface area contributed by atoms with Gasteiger partial charge >= 0.3 is 0 Å². The lowest BCUT2D eigenvalue weighted by atomic mass is 9.90. The number of hydrogen-bond donors (Lipinski definition) is 2. The van der Waals surface area contributed by atoms with Crippen LogP contribution in [0.15, 0.2) is 54.6 Å². The van der Waals surface area contributed by atoms with Crippen LogP contribution in [0.3, 0.4) is 0 Å². The Hall–Kier alpha value is -2.14. The van der Waals surface area contributed by atoms with Crippen molar-refractivity contribution < 1.29 is 10.2 Å². The number of para-hydroxylation sites is 1. The van der Waals surface area contributed by atoms with Crippen molar-refractivity contribution in [3.8, 4) is 0 Å². The topological polar surface area (TPSA) is 48.6 Å². The molecular formula is C26H34N2O2. The first kappa shape index (κ1) is 21.1. The summed E-state index contributed by atoms with van der Waals surface area (Å²) in [7, 11) is 0. The molecule has 0 radical (unpaired) electrons. The monoisotopic (exact) mass is 406 g/mol. The normalized spacial score (nSPS) is 20.7. The molecule has 4 nitrogen and oxygen atoms in total. The Labute approximate surface area is 179 Å². The van der Waals surface area contributed by atoms with E-state index in [4.69, 9.17) is 0 Å². The van der Waals surface area contributed by atoms with Crippen molar-refractivity contribution in [1.29, 1.82) is 0 Å². The molecule has 1 fully saturated rings. The molecule has 1 aromatic heterocycles. The Balaban J connectivity index is 1.54. The Bertz CT molecular complexity index is 966. The van der Waals surface area contributed by atoms with E-state index in [9.17, 15) is 10.2 Å². The lowest BCUT2D eigenvalue weighted by molar-refractivity contribution is -0.00883. The highest BCUT2D eigenvalue weighted by molar-refractivity contribution is 5.85. The third kappa shape index (κ3) is 4.46. The number of aryl methyl sites for hydroxylation is 1. The van der Waals surface area contributed by atoms with Gasteiger partial charge < -0.3 is 14.8 Å². The van der Waals surface area contributed by atoms with Crippen LogP contribution in [0.5, 0.6) is 0 Å². The lowest BCUT2D eigenvalue weighted by Gasteiger charge is -2.39. The van der Waals surface area contributed by atoms with E-state index < -0.39 is 6.10 Å². The molecule has 0 saturated heterocycles. The van der Waals surface area contributed by atoms with Crippen molar-refractivity contribution in [2.45, 2.75) is 70.9 Å². The molecule has 0 amide bonds. The predicted molar refractivity (Wildman–Crippen MR) is 123 cm³/mol. The van der Waals surface area contributed by atoms with E-state index in [1.807, 2.05) is 6.07 Å². The van der Waals surface area contributed by atoms with Crippen molar-refractivity contribution >= 4 is 10.9 Å². The average molecular weight is 407 g/mol. The first-order chi connectivity index (χ1) is 14.5. The highest BCUT2D eigenvalue weighted by Gasteiger charge is 2.30. The highest BCUT2D eigenvalue weighted by Crippen LogP contribution is 2.27. The van der Waals surface area contributed by atoms with Crippen LogP contribution in [-0.4, -0.2) is 44.5 Å². The Kier molecular flexibility index (Phi) is 6.57. The maximum absolute atomic E-state index is 11.1. The molecule has 1 saturated carbocycles. The Morgan fingerprint density at radius 1 is 1.00 bits per heavy atom. The number of aliphatic hydroxyl groups is 2. The predicted octanol–water partition coefficient (Wildman–Crippen LogP) is 4.42. The summed E-state index contributed by atoms with van der Waals surface area (Å²) in [5, 5.41) is 23.1. The second-order valence-electron chi connectivity index (χ2n) is 8.83. The first-order valence-corrected chi connectivity index (χ1v) is 11.2. The van der Waals surface area contributed by atoms with Gasteiger partial charge in [-0.3, -0.25) is 4.90 Å². The summed E-state index contributed by atoms with van der Waals surface area (Å²) in [5.74, 6) is 0. The minimum absolute atomic E-state index is 0.109. The first-order valence-electron chi connectivity index (χ1n) is 11.2. The fourth-order valence-corrected chi connectivity index (χ4v) is 5.03. The van der Waals surface area contributed by atoms with Gasteiger partial charge in [0.15, 0.2) is 0 Å². The van der Waals surface area contributed by atoms with Crippen LogP contribution in [-0.2, 0) is 13.1 Å². The standard InChI is InChI=1S/C26H34N2O2/c1-19-20(2)28(24-13-7-6-12-23(19)24)18-22(29)17-27(16-21-10-4-3-5-11-21)25-14-8-9-15-26(25)30/h3-7,10-13,22,25-26,29-30H,8-9,14-18H2,1-2H3/t22-,25+,26-/m0/s1. The molecule has 1 heterocycles. The van der Waals surface area contributed by atoms with Gasteiger partial charge in [-0.1, -0.05) is 61.4 Å². The van der Waals surface area contributed by atoms with Crippen molar-refractivity contribution in [3.63, 3.8) is 0 Å². The number of aromatic nitrogens is 1. The smallest absolute Gasteiger partial charge is 0.0846 e. The van der Waals surface area contributed by atoms with Gasteiger partial charge in [-0.25, -0.2) is 0 Å². The molecule has 0 unspecified atom stereocenters. The zero-order valence-corrected chi connectivity index (χ0v) is 18.2. The number of hydrogen-bond acceptors (Lipinski definition) is 3. The molecule has 4 rings (SSSR count). The van der Waals surface area contributed by atoms with E-state index in [0.717, 1.165) is 32.2 Å². The van der Waals surface area contributed by atoms with E-state index in [0.29, 0.717) is 13.1 Å². The molecule has 1 aliphatic carbocycles. The molecule has 3 aromatic rings. The van der Waals surface area contributed by atoms with Crippen molar-refractivity contribution in [1.82, 2.24) is 9.47 Å². The summed E-state index contributed by atoms with van der Waals surface area (Å²) >= 11 is 0. The van der Waals surface area contributed by atoms with Gasteiger partial charge in [0.05, 0.1) is 18.8 Å². The van der Waals surface area contributed by atoms with Crippen LogP contribution in [0.4, 0.5) is 0 Å². The average Bonchev–Trinajstić information content (AvgIpc) is 2.99. The van der Waals surface area contributed by atoms with Gasteiger partial charge in [0.2, 0.25) is 0 Å². The Morgan fingerprint density at radius 2 is 1.70 bits per heavy atom. The third-order valence-corrected chi connectivity index (χ3v) is 6.78. The molecule has 30 heavy (non-hydrogen) atoms. The van der Waals surface area contributed by atoms with Crippen LogP contribution in [0, 0.1) is 13.8 Å². The highest BCUT2D eigenvalue weighted by atomic mass is 16.3. The SMILES string of the molecule is Cc1c(C)n(C[C@@H](O)CN(Cc2ccccc2)[C@@H]2CCCC[C@@H]2O)c2ccccc12. The molecule has 3 atom stereocenters. The van der Waals surface area contributed by atoms with Crippen LogP contribution in [0.25, 0.3) is 10.9 Å². The number of nitrogens with zero attached hydrogens (tertiary/aromatic N) is 2. The Morgan fingerprint density at radius 3 is 2.47 bits per heavy atom. The van der Waals surface area contributed by atoms with Crippen molar-refractivity contribution in [3.05, 3.63) is 71.4 Å². The molecule has 4 heteroatoms. The van der Waals surface area contributed by atoms with E-state index in [2.05, 4.69) is 71.8 Å². The van der Waals surface area contributed by atoms with Crippen LogP contribution < -0.4 is 0 Å². The van der Waals surface area contributed by atoms with Gasteiger partial charge in [0.25, 0.3) is 0 Å². The van der Waals surface area contributed by atoms with Gasteiger partial charge in [-0.05, 0) is 43.9 Å². The van der Waals surface area contributed by atoms with Crippen molar-refractivity contribution in [2.75, 3.05) is 6.54 Å². The quantitative estimate of drug-likeness (QED) is 0.610. The fourth-order valence-electron chi connectivity index (χ4n) is 5.03. The fraction of sp³-hybridized carbons (Fsp3) is 0.462. The second-order valence-corrected chi connectivity index (χ2v) is 8.83. The van der Waals surface area contributed by atoms with Crippen molar-refractivity contribution in [2.24, 2.45) is 0 Å². The maximum Gasteiger partial charge on any atom is 0.0846 e. The van der Waals surface area contributed by atoms with E-state index >= 15 is 0 Å². The zero-order chi connectivity index (χ0) is 21.1. The van der Waals surface area contributed by atoms with Gasteiger partial charge in [-0.2, -0.15) is 0 Å². The van der Waals surface area contributed by atoms with E-state index in [1.54, 1.807) is 0 Å². The molecule has 0 spiro atoms. The van der Waals surface area contributed by atoms with Crippen LogP contribution in [0.2, 0.25) is 0 Å². The number of aliphatic hydroxyl groups excluding tert-OH is 2. The molecule has 160 valence electrons. The lowest BCUT2D eigenvalue weighted by Crippen LogP contribution is -2.48. The largest absolute Gasteiger partial charge is 0.391 e. The molecule has 2 N–H and O–H groups in total. The number of fused-ring (bicyclic) bond motifs is 1. The van der Waals surface area contributed by atoms with Gasteiger partial charge in [0, 0.05) is 35.7 Å². The summed E-state index contributed by atoms with van der Waals surface area (Å²) in [5.41, 5.74) is 4.89. The van der Waals surface area contributed by atoms with E-state index in [1.165, 1.54) is 27.7 Å². The summed E-state index contributed by atoms with van der Waals surface area (Å²) < 4.78 is 2.24. The number of benzene rings is 2. The summed E-state index contributed by atoms with van der Waals surface area (Å²) in [4.78, 5) is 2.30. The molecule has 2 aromatic carbocycles. The summed E-state index contributed by atoms with van der Waals surface area (Å²) in [6, 6.07) is 18.9. The zero-order valence-electron chi connectivity index (χ0n) is 18.2. The van der Waals surface area contributed by atoms with Crippen LogP contribution >= 0.6 is 0 Å². The second kappa shape index (κ2) is 9.34. The summed E-state index contributed by atoms with van der Waals surface area (Å²) in [6.45, 7) is 6.16. The molecule has 0 aliphatic heterocycles. The van der Waals surface area contributed by atoms with E-state index in [-0.39, 0.29) is 12.1 Å². The minimum atomic E-state index is -0.503. The molecule has 1 aliphatic rings. The number of rotatable bonds is 7. The summed E-state index contributed by atoms with van der Waals surface area (Å²) in [6.07, 6.45) is 3.26.